The van der Waals surface area contributed by atoms with Gasteiger partial charge in [0, 0.05) is 13.0 Å². The first kappa shape index (κ1) is 13.6. The van der Waals surface area contributed by atoms with Crippen LogP contribution in [0, 0.1) is 0 Å². The zero-order valence-electron chi connectivity index (χ0n) is 11.7. The molecule has 3 rings (SSSR count). The number of furan rings is 1. The summed E-state index contributed by atoms with van der Waals surface area (Å²) in [4.78, 5) is 18.0. The second-order valence-corrected chi connectivity index (χ2v) is 5.52. The van der Waals surface area contributed by atoms with Crippen LogP contribution in [-0.4, -0.2) is 18.0 Å². The first-order valence-corrected chi connectivity index (χ1v) is 7.24. The molecule has 0 radical (unpaired) electrons. The Bertz CT molecular complexity index is 764. The maximum Gasteiger partial charge on any atom is 0.226 e. The molecule has 0 bridgehead atoms. The van der Waals surface area contributed by atoms with Crippen LogP contribution in [0.25, 0.3) is 10.2 Å². The van der Waals surface area contributed by atoms with E-state index in [0.717, 1.165) is 21.7 Å². The molecule has 1 aromatic carbocycles. The first-order valence-electron chi connectivity index (χ1n) is 6.42. The van der Waals surface area contributed by atoms with Crippen LogP contribution in [0.1, 0.15) is 12.7 Å². The Morgan fingerprint density at radius 1 is 1.43 bits per heavy atom. The van der Waals surface area contributed by atoms with Gasteiger partial charge in [-0.1, -0.05) is 11.3 Å². The first-order chi connectivity index (χ1) is 10.2. The van der Waals surface area contributed by atoms with E-state index < -0.39 is 0 Å². The predicted molar refractivity (Wildman–Crippen MR) is 81.7 cm³/mol. The van der Waals surface area contributed by atoms with E-state index in [2.05, 4.69) is 4.98 Å². The van der Waals surface area contributed by atoms with Crippen molar-refractivity contribution in [3.8, 4) is 5.75 Å². The van der Waals surface area contributed by atoms with E-state index in [1.54, 1.807) is 24.3 Å². The fraction of sp³-hybridized carbons (Fsp3) is 0.200. The summed E-state index contributed by atoms with van der Waals surface area (Å²) >= 11 is 1.47. The lowest BCUT2D eigenvalue weighted by Crippen LogP contribution is -2.27. The molecule has 108 valence electrons. The van der Waals surface area contributed by atoms with Crippen molar-refractivity contribution >= 4 is 32.6 Å². The molecule has 0 saturated carbocycles. The van der Waals surface area contributed by atoms with Crippen LogP contribution in [0.2, 0.25) is 0 Å². The van der Waals surface area contributed by atoms with Crippen molar-refractivity contribution in [2.75, 3.05) is 12.0 Å². The maximum absolute atomic E-state index is 11.9. The molecular formula is C15H14N2O3S. The van der Waals surface area contributed by atoms with Gasteiger partial charge < -0.3 is 9.15 Å². The highest BCUT2D eigenvalue weighted by atomic mass is 32.1. The predicted octanol–water partition coefficient (Wildman–Crippen LogP) is 3.45. The second-order valence-electron chi connectivity index (χ2n) is 4.51. The number of carbonyl (C=O) groups is 1. The van der Waals surface area contributed by atoms with Crippen molar-refractivity contribution in [3.05, 3.63) is 42.4 Å². The number of ether oxygens (including phenoxy) is 1. The zero-order valence-corrected chi connectivity index (χ0v) is 12.5. The maximum atomic E-state index is 11.9. The van der Waals surface area contributed by atoms with E-state index in [9.17, 15) is 4.79 Å². The third kappa shape index (κ3) is 2.75. The van der Waals surface area contributed by atoms with Crippen LogP contribution >= 0.6 is 11.3 Å². The number of hydrogen-bond acceptors (Lipinski definition) is 5. The molecule has 0 spiro atoms. The third-order valence-electron chi connectivity index (χ3n) is 3.09. The molecule has 6 heteroatoms. The van der Waals surface area contributed by atoms with Gasteiger partial charge in [0.2, 0.25) is 5.91 Å². The Hall–Kier alpha value is -2.34. The average molecular weight is 302 g/mol. The lowest BCUT2D eigenvalue weighted by Gasteiger charge is -2.15. The van der Waals surface area contributed by atoms with Gasteiger partial charge in [-0.2, -0.15) is 0 Å². The van der Waals surface area contributed by atoms with E-state index >= 15 is 0 Å². The number of fused-ring (bicyclic) bond motifs is 1. The summed E-state index contributed by atoms with van der Waals surface area (Å²) in [5.41, 5.74) is 0.819. The Morgan fingerprint density at radius 2 is 2.29 bits per heavy atom. The van der Waals surface area contributed by atoms with Gasteiger partial charge >= 0.3 is 0 Å². The number of aromatic nitrogens is 1. The van der Waals surface area contributed by atoms with Crippen molar-refractivity contribution in [3.63, 3.8) is 0 Å². The molecule has 2 aromatic heterocycles. The standard InChI is InChI=1S/C15H14N2O3S/c1-10(18)17(9-12-4-3-7-20-12)15-16-13-8-11(19-2)5-6-14(13)21-15/h3-8H,9H2,1-2H3. The van der Waals surface area contributed by atoms with Crippen LogP contribution in [-0.2, 0) is 11.3 Å². The lowest BCUT2D eigenvalue weighted by molar-refractivity contribution is -0.116. The molecule has 0 saturated heterocycles. The topological polar surface area (TPSA) is 55.6 Å². The Morgan fingerprint density at radius 3 is 2.95 bits per heavy atom. The number of carbonyl (C=O) groups excluding carboxylic acids is 1. The SMILES string of the molecule is COc1ccc2sc(N(Cc3ccco3)C(C)=O)nc2c1. The molecule has 0 unspecified atom stereocenters. The number of thiazole rings is 1. The highest BCUT2D eigenvalue weighted by molar-refractivity contribution is 7.22. The minimum Gasteiger partial charge on any atom is -0.497 e. The number of amides is 1. The van der Waals surface area contributed by atoms with Crippen molar-refractivity contribution in [2.24, 2.45) is 0 Å². The van der Waals surface area contributed by atoms with Crippen molar-refractivity contribution in [2.45, 2.75) is 13.5 Å². The molecule has 0 aliphatic rings. The Labute approximate surface area is 125 Å². The van der Waals surface area contributed by atoms with Crippen molar-refractivity contribution < 1.29 is 13.9 Å². The van der Waals surface area contributed by atoms with Gasteiger partial charge in [-0.05, 0) is 24.3 Å². The molecule has 1 amide bonds. The molecule has 0 fully saturated rings. The second kappa shape index (κ2) is 5.57. The third-order valence-corrected chi connectivity index (χ3v) is 4.15. The van der Waals surface area contributed by atoms with Gasteiger partial charge in [0.25, 0.3) is 0 Å². The van der Waals surface area contributed by atoms with Crippen molar-refractivity contribution in [1.29, 1.82) is 0 Å². The van der Waals surface area contributed by atoms with Crippen LogP contribution in [0.4, 0.5) is 5.13 Å². The highest BCUT2D eigenvalue weighted by Crippen LogP contribution is 2.32. The molecule has 0 N–H and O–H groups in total. The molecule has 0 aliphatic carbocycles. The Balaban J connectivity index is 1.97. The normalized spacial score (nSPS) is 10.8. The molecule has 5 nitrogen and oxygen atoms in total. The van der Waals surface area contributed by atoms with Gasteiger partial charge in [-0.3, -0.25) is 9.69 Å². The Kier molecular flexibility index (Phi) is 3.62. The van der Waals surface area contributed by atoms with Gasteiger partial charge in [0.15, 0.2) is 5.13 Å². The minimum absolute atomic E-state index is 0.0718. The van der Waals surface area contributed by atoms with Gasteiger partial charge in [-0.25, -0.2) is 4.98 Å². The largest absolute Gasteiger partial charge is 0.497 e. The monoisotopic (exact) mass is 302 g/mol. The number of methoxy groups -OCH3 is 1. The molecule has 2 heterocycles. The molecule has 0 aliphatic heterocycles. The van der Waals surface area contributed by atoms with E-state index in [1.165, 1.54) is 18.3 Å². The summed E-state index contributed by atoms with van der Waals surface area (Å²) in [7, 11) is 1.62. The summed E-state index contributed by atoms with van der Waals surface area (Å²) in [5.74, 6) is 1.40. The fourth-order valence-electron chi connectivity index (χ4n) is 2.01. The molecule has 3 aromatic rings. The summed E-state index contributed by atoms with van der Waals surface area (Å²) in [6.45, 7) is 1.90. The summed E-state index contributed by atoms with van der Waals surface area (Å²) in [6, 6.07) is 9.33. The van der Waals surface area contributed by atoms with Gasteiger partial charge in [0.05, 0.1) is 30.1 Å². The van der Waals surface area contributed by atoms with Crippen LogP contribution < -0.4 is 9.64 Å². The zero-order chi connectivity index (χ0) is 14.8. The lowest BCUT2D eigenvalue weighted by atomic mass is 10.3. The number of hydrogen-bond donors (Lipinski definition) is 0. The summed E-state index contributed by atoms with van der Waals surface area (Å²) < 4.78 is 11.5. The van der Waals surface area contributed by atoms with Crippen LogP contribution in [0.5, 0.6) is 5.75 Å². The molecule has 0 atom stereocenters. The quantitative estimate of drug-likeness (QED) is 0.740. The minimum atomic E-state index is -0.0718. The number of anilines is 1. The van der Waals surface area contributed by atoms with E-state index in [4.69, 9.17) is 9.15 Å². The smallest absolute Gasteiger partial charge is 0.226 e. The van der Waals surface area contributed by atoms with Crippen LogP contribution in [0.3, 0.4) is 0 Å². The number of benzene rings is 1. The molecule has 21 heavy (non-hydrogen) atoms. The van der Waals surface area contributed by atoms with E-state index in [0.29, 0.717) is 11.7 Å². The fourth-order valence-corrected chi connectivity index (χ4v) is 3.00. The molecular weight excluding hydrogens is 288 g/mol. The van der Waals surface area contributed by atoms with Crippen molar-refractivity contribution in [1.82, 2.24) is 4.98 Å². The summed E-state index contributed by atoms with van der Waals surface area (Å²) in [5, 5.41) is 0.655. The number of rotatable bonds is 4. The average Bonchev–Trinajstić information content (AvgIpc) is 3.12. The van der Waals surface area contributed by atoms with E-state index in [-0.39, 0.29) is 5.91 Å². The van der Waals surface area contributed by atoms with Gasteiger partial charge in [0.1, 0.15) is 11.5 Å². The van der Waals surface area contributed by atoms with Crippen LogP contribution in [0.15, 0.2) is 41.0 Å². The summed E-state index contributed by atoms with van der Waals surface area (Å²) in [6.07, 6.45) is 1.59. The highest BCUT2D eigenvalue weighted by Gasteiger charge is 2.18. The van der Waals surface area contributed by atoms with E-state index in [1.807, 2.05) is 24.3 Å². The van der Waals surface area contributed by atoms with Gasteiger partial charge in [-0.15, -0.1) is 0 Å². The number of nitrogens with zero attached hydrogens (tertiary/aromatic N) is 2.